The monoisotopic (exact) mass is 223 g/mol. The Bertz CT molecular complexity index is 364. The van der Waals surface area contributed by atoms with E-state index in [1.54, 1.807) is 0 Å². The van der Waals surface area contributed by atoms with Crippen LogP contribution < -0.4 is 4.74 Å². The lowest BCUT2D eigenvalue weighted by Crippen LogP contribution is -1.99. The Balaban J connectivity index is 2.88. The van der Waals surface area contributed by atoms with Crippen molar-refractivity contribution in [3.05, 3.63) is 17.3 Å². The molecular formula is C12H17NO3. The summed E-state index contributed by atoms with van der Waals surface area (Å²) in [6.07, 6.45) is 4.51. The van der Waals surface area contributed by atoms with Crippen molar-refractivity contribution in [2.75, 3.05) is 7.11 Å². The fourth-order valence-electron chi connectivity index (χ4n) is 1.51. The Morgan fingerprint density at radius 3 is 2.81 bits per heavy atom. The van der Waals surface area contributed by atoms with E-state index in [9.17, 15) is 9.90 Å². The van der Waals surface area contributed by atoms with E-state index >= 15 is 0 Å². The van der Waals surface area contributed by atoms with Gasteiger partial charge in [-0.2, -0.15) is 0 Å². The minimum atomic E-state index is 0.0685. The predicted octanol–water partition coefficient (Wildman–Crippen LogP) is 2.34. The second-order valence-corrected chi connectivity index (χ2v) is 3.63. The van der Waals surface area contributed by atoms with Crippen LogP contribution in [0.3, 0.4) is 0 Å². The maximum absolute atomic E-state index is 10.7. The number of carbonyl (C=O) groups is 1. The first-order valence-electron chi connectivity index (χ1n) is 5.45. The zero-order valence-electron chi connectivity index (χ0n) is 9.69. The molecule has 0 amide bonds. The van der Waals surface area contributed by atoms with Gasteiger partial charge in [-0.25, -0.2) is 4.98 Å². The van der Waals surface area contributed by atoms with E-state index in [-0.39, 0.29) is 17.2 Å². The zero-order chi connectivity index (χ0) is 12.0. The number of methoxy groups -OCH3 is 1. The number of nitrogens with zero attached hydrogens (tertiary/aromatic N) is 1. The molecule has 0 unspecified atom stereocenters. The normalized spacial score (nSPS) is 10.1. The number of aromatic hydroxyl groups is 1. The van der Waals surface area contributed by atoms with Crippen molar-refractivity contribution in [2.45, 2.75) is 32.6 Å². The third kappa shape index (κ3) is 2.95. The van der Waals surface area contributed by atoms with Crippen molar-refractivity contribution < 1.29 is 14.6 Å². The number of ether oxygens (including phenoxy) is 1. The second-order valence-electron chi connectivity index (χ2n) is 3.63. The maximum Gasteiger partial charge on any atom is 0.224 e. The van der Waals surface area contributed by atoms with Gasteiger partial charge in [0.15, 0.2) is 6.29 Å². The van der Waals surface area contributed by atoms with E-state index in [0.29, 0.717) is 18.4 Å². The molecular weight excluding hydrogens is 206 g/mol. The summed E-state index contributed by atoms with van der Waals surface area (Å²) >= 11 is 0. The number of carbonyl (C=O) groups excluding carboxylic acids is 1. The first-order chi connectivity index (χ1) is 7.72. The second kappa shape index (κ2) is 6.10. The van der Waals surface area contributed by atoms with E-state index in [1.165, 1.54) is 13.2 Å². The lowest BCUT2D eigenvalue weighted by atomic mass is 10.1. The summed E-state index contributed by atoms with van der Waals surface area (Å²) in [6, 6.07) is 1.40. The van der Waals surface area contributed by atoms with Gasteiger partial charge in [-0.05, 0) is 18.9 Å². The highest BCUT2D eigenvalue weighted by Crippen LogP contribution is 2.24. The van der Waals surface area contributed by atoms with Gasteiger partial charge in [0.25, 0.3) is 0 Å². The highest BCUT2D eigenvalue weighted by atomic mass is 16.5. The molecule has 0 atom stereocenters. The van der Waals surface area contributed by atoms with Crippen molar-refractivity contribution in [2.24, 2.45) is 0 Å². The molecule has 0 radical (unpaired) electrons. The van der Waals surface area contributed by atoms with Crippen molar-refractivity contribution in [1.29, 1.82) is 0 Å². The number of aromatic nitrogens is 1. The Morgan fingerprint density at radius 2 is 2.25 bits per heavy atom. The molecule has 0 aromatic carbocycles. The smallest absolute Gasteiger partial charge is 0.224 e. The summed E-state index contributed by atoms with van der Waals surface area (Å²) in [5.41, 5.74) is 0.871. The summed E-state index contributed by atoms with van der Waals surface area (Å²) in [7, 11) is 1.46. The van der Waals surface area contributed by atoms with E-state index < -0.39 is 0 Å². The fraction of sp³-hybridized carbons (Fsp3) is 0.500. The molecule has 0 saturated carbocycles. The molecule has 4 nitrogen and oxygen atoms in total. The van der Waals surface area contributed by atoms with Gasteiger partial charge in [-0.15, -0.1) is 0 Å². The Hall–Kier alpha value is -1.58. The minimum absolute atomic E-state index is 0.0685. The van der Waals surface area contributed by atoms with Gasteiger partial charge < -0.3 is 9.84 Å². The average Bonchev–Trinajstić information content (AvgIpc) is 2.31. The third-order valence-electron chi connectivity index (χ3n) is 2.41. The van der Waals surface area contributed by atoms with Crippen molar-refractivity contribution in [1.82, 2.24) is 4.98 Å². The first-order valence-corrected chi connectivity index (χ1v) is 5.45. The summed E-state index contributed by atoms with van der Waals surface area (Å²) in [5, 5.41) is 9.66. The molecule has 0 spiro atoms. The van der Waals surface area contributed by atoms with Crippen LogP contribution in [0.15, 0.2) is 6.07 Å². The SMILES string of the molecule is CCCCCc1nc(OC)c(C=O)cc1O. The molecule has 0 saturated heterocycles. The summed E-state index contributed by atoms with van der Waals surface area (Å²) in [4.78, 5) is 14.8. The van der Waals surface area contributed by atoms with Crippen LogP contribution in [-0.2, 0) is 6.42 Å². The number of pyridine rings is 1. The van der Waals surface area contributed by atoms with E-state index in [1.807, 2.05) is 0 Å². The Kier molecular flexibility index (Phi) is 4.76. The predicted molar refractivity (Wildman–Crippen MR) is 61.1 cm³/mol. The van der Waals surface area contributed by atoms with Gasteiger partial charge in [0, 0.05) is 0 Å². The third-order valence-corrected chi connectivity index (χ3v) is 2.41. The van der Waals surface area contributed by atoms with Crippen LogP contribution in [0.2, 0.25) is 0 Å². The molecule has 0 aliphatic carbocycles. The van der Waals surface area contributed by atoms with E-state index in [2.05, 4.69) is 11.9 Å². The van der Waals surface area contributed by atoms with Crippen LogP contribution in [0.5, 0.6) is 11.6 Å². The molecule has 1 heterocycles. The lowest BCUT2D eigenvalue weighted by molar-refractivity contribution is 0.111. The van der Waals surface area contributed by atoms with Crippen LogP contribution in [0.1, 0.15) is 42.2 Å². The highest BCUT2D eigenvalue weighted by Gasteiger charge is 2.10. The standard InChI is InChI=1S/C12H17NO3/c1-3-4-5-6-10-11(15)7-9(8-14)12(13-10)16-2/h7-8,15H,3-6H2,1-2H3. The van der Waals surface area contributed by atoms with Crippen LogP contribution in [0.25, 0.3) is 0 Å². The number of rotatable bonds is 6. The average molecular weight is 223 g/mol. The molecule has 16 heavy (non-hydrogen) atoms. The van der Waals surface area contributed by atoms with Crippen LogP contribution >= 0.6 is 0 Å². The quantitative estimate of drug-likeness (QED) is 0.594. The molecule has 1 aromatic heterocycles. The van der Waals surface area contributed by atoms with Gasteiger partial charge in [0.05, 0.1) is 18.4 Å². The molecule has 0 aliphatic heterocycles. The van der Waals surface area contributed by atoms with E-state index in [0.717, 1.165) is 19.3 Å². The number of hydrogen-bond acceptors (Lipinski definition) is 4. The minimum Gasteiger partial charge on any atom is -0.506 e. The molecule has 0 aliphatic rings. The summed E-state index contributed by atoms with van der Waals surface area (Å²) < 4.78 is 4.98. The van der Waals surface area contributed by atoms with Crippen LogP contribution in [0, 0.1) is 0 Å². The van der Waals surface area contributed by atoms with Crippen molar-refractivity contribution >= 4 is 6.29 Å². The molecule has 1 N–H and O–H groups in total. The zero-order valence-corrected chi connectivity index (χ0v) is 9.69. The van der Waals surface area contributed by atoms with Gasteiger partial charge in [-0.1, -0.05) is 19.8 Å². The number of aldehydes is 1. The largest absolute Gasteiger partial charge is 0.506 e. The van der Waals surface area contributed by atoms with E-state index in [4.69, 9.17) is 4.74 Å². The Morgan fingerprint density at radius 1 is 1.50 bits per heavy atom. The molecule has 0 fully saturated rings. The molecule has 4 heteroatoms. The van der Waals surface area contributed by atoms with Crippen LogP contribution in [0.4, 0.5) is 0 Å². The van der Waals surface area contributed by atoms with Gasteiger partial charge in [-0.3, -0.25) is 4.79 Å². The summed E-state index contributed by atoms with van der Waals surface area (Å²) in [5.74, 6) is 0.346. The van der Waals surface area contributed by atoms with Crippen molar-refractivity contribution in [3.63, 3.8) is 0 Å². The molecule has 1 rings (SSSR count). The molecule has 88 valence electrons. The van der Waals surface area contributed by atoms with Gasteiger partial charge in [0.2, 0.25) is 5.88 Å². The lowest BCUT2D eigenvalue weighted by Gasteiger charge is -2.08. The topological polar surface area (TPSA) is 59.4 Å². The number of unbranched alkanes of at least 4 members (excludes halogenated alkanes) is 2. The fourth-order valence-corrected chi connectivity index (χ4v) is 1.51. The molecule has 0 bridgehead atoms. The highest BCUT2D eigenvalue weighted by molar-refractivity contribution is 5.79. The maximum atomic E-state index is 10.7. The van der Waals surface area contributed by atoms with Crippen LogP contribution in [-0.4, -0.2) is 23.5 Å². The Labute approximate surface area is 95.3 Å². The van der Waals surface area contributed by atoms with Crippen molar-refractivity contribution in [3.8, 4) is 11.6 Å². The number of aryl methyl sites for hydroxylation is 1. The summed E-state index contributed by atoms with van der Waals surface area (Å²) in [6.45, 7) is 2.11. The van der Waals surface area contributed by atoms with Gasteiger partial charge in [0.1, 0.15) is 5.75 Å². The van der Waals surface area contributed by atoms with Gasteiger partial charge >= 0.3 is 0 Å². The number of hydrogen-bond donors (Lipinski definition) is 1. The molecule has 1 aromatic rings. The first kappa shape index (κ1) is 12.5.